The number of carbonyl (C=O) groups is 1. The van der Waals surface area contributed by atoms with Crippen LogP contribution in [0.25, 0.3) is 11.5 Å². The molecule has 6 nitrogen and oxygen atoms in total. The molecule has 0 atom stereocenters. The van der Waals surface area contributed by atoms with Gasteiger partial charge in [-0.05, 0) is 23.4 Å². The molecule has 0 spiro atoms. The van der Waals surface area contributed by atoms with Crippen molar-refractivity contribution in [3.8, 4) is 11.5 Å². The molecule has 2 aromatic rings. The van der Waals surface area contributed by atoms with E-state index in [-0.39, 0.29) is 11.7 Å². The summed E-state index contributed by atoms with van der Waals surface area (Å²) in [5.74, 6) is -1.50. The third-order valence-corrected chi connectivity index (χ3v) is 2.24. The van der Waals surface area contributed by atoms with E-state index in [0.29, 0.717) is 11.3 Å². The molecule has 1 aromatic carbocycles. The molecule has 0 radical (unpaired) electrons. The van der Waals surface area contributed by atoms with Gasteiger partial charge in [0, 0.05) is 15.7 Å². The van der Waals surface area contributed by atoms with E-state index in [1.165, 1.54) is 0 Å². The number of carboxylic acids is 1. The second-order valence-corrected chi connectivity index (χ2v) is 3.92. The van der Waals surface area contributed by atoms with Crippen LogP contribution < -0.4 is 5.73 Å². The lowest BCUT2D eigenvalue weighted by atomic mass is 10.2. The van der Waals surface area contributed by atoms with Crippen molar-refractivity contribution in [2.24, 2.45) is 0 Å². The zero-order valence-electron chi connectivity index (χ0n) is 7.85. The Bertz CT molecular complexity index is 532. The Balaban J connectivity index is 2.46. The molecule has 7 heteroatoms. The van der Waals surface area contributed by atoms with Gasteiger partial charge in [-0.25, -0.2) is 4.79 Å². The molecule has 0 unspecified atom stereocenters. The highest BCUT2D eigenvalue weighted by molar-refractivity contribution is 9.10. The van der Waals surface area contributed by atoms with Crippen LogP contribution >= 0.6 is 15.9 Å². The van der Waals surface area contributed by atoms with E-state index in [9.17, 15) is 4.79 Å². The summed E-state index contributed by atoms with van der Waals surface area (Å²) in [4.78, 5) is 14.3. The Morgan fingerprint density at radius 2 is 2.19 bits per heavy atom. The molecule has 1 heterocycles. The largest absolute Gasteiger partial charge is 0.475 e. The topological polar surface area (TPSA) is 102 Å². The van der Waals surface area contributed by atoms with Gasteiger partial charge in [0.15, 0.2) is 0 Å². The molecule has 0 fully saturated rings. The van der Waals surface area contributed by atoms with Crippen molar-refractivity contribution < 1.29 is 14.4 Å². The van der Waals surface area contributed by atoms with E-state index in [4.69, 9.17) is 15.4 Å². The third-order valence-electron chi connectivity index (χ3n) is 1.78. The van der Waals surface area contributed by atoms with Gasteiger partial charge in [0.05, 0.1) is 0 Å². The third kappa shape index (κ3) is 2.03. The monoisotopic (exact) mass is 283 g/mol. The molecule has 0 amide bonds. The predicted molar refractivity (Wildman–Crippen MR) is 58.8 cm³/mol. The van der Waals surface area contributed by atoms with Crippen LogP contribution in [0.5, 0.6) is 0 Å². The Labute approximate surface area is 98.2 Å². The van der Waals surface area contributed by atoms with E-state index in [2.05, 4.69) is 26.1 Å². The number of aromatic carboxylic acids is 1. The molecular formula is C9H6BrN3O3. The number of anilines is 1. The maximum Gasteiger partial charge on any atom is 0.377 e. The normalized spacial score (nSPS) is 10.3. The second-order valence-electron chi connectivity index (χ2n) is 3.00. The number of aromatic nitrogens is 2. The van der Waals surface area contributed by atoms with Gasteiger partial charge in [-0.15, -0.1) is 0 Å². The summed E-state index contributed by atoms with van der Waals surface area (Å²) in [5, 5.41) is 11.9. The van der Waals surface area contributed by atoms with Crippen LogP contribution in [0.2, 0.25) is 0 Å². The maximum absolute atomic E-state index is 10.6. The number of benzene rings is 1. The molecule has 0 saturated heterocycles. The molecule has 1 aromatic heterocycles. The number of hydrogen-bond acceptors (Lipinski definition) is 5. The molecule has 0 saturated carbocycles. The van der Waals surface area contributed by atoms with Crippen molar-refractivity contribution in [3.05, 3.63) is 28.5 Å². The van der Waals surface area contributed by atoms with Crippen LogP contribution in [0.3, 0.4) is 0 Å². The first-order chi connectivity index (χ1) is 7.56. The molecule has 0 bridgehead atoms. The summed E-state index contributed by atoms with van der Waals surface area (Å²) >= 11 is 3.26. The summed E-state index contributed by atoms with van der Waals surface area (Å²) in [6.45, 7) is 0. The second kappa shape index (κ2) is 3.93. The van der Waals surface area contributed by atoms with Gasteiger partial charge in [-0.1, -0.05) is 15.9 Å². The molecule has 0 aliphatic rings. The van der Waals surface area contributed by atoms with Gasteiger partial charge in [0.1, 0.15) is 0 Å². The average molecular weight is 284 g/mol. The van der Waals surface area contributed by atoms with Gasteiger partial charge in [-0.3, -0.25) is 0 Å². The summed E-state index contributed by atoms with van der Waals surface area (Å²) in [7, 11) is 0. The first-order valence-electron chi connectivity index (χ1n) is 4.19. The number of hydrogen-bond donors (Lipinski definition) is 2. The first kappa shape index (κ1) is 10.6. The molecule has 0 aliphatic carbocycles. The molecule has 82 valence electrons. The van der Waals surface area contributed by atoms with Crippen LogP contribution in [0.15, 0.2) is 27.2 Å². The number of nitrogen functional groups attached to an aromatic ring is 1. The average Bonchev–Trinajstić information content (AvgIpc) is 2.64. The Morgan fingerprint density at radius 1 is 1.44 bits per heavy atom. The highest BCUT2D eigenvalue weighted by atomic mass is 79.9. The van der Waals surface area contributed by atoms with Crippen molar-refractivity contribution in [1.29, 1.82) is 0 Å². The fourth-order valence-corrected chi connectivity index (χ4v) is 1.67. The minimum absolute atomic E-state index is 0.116. The summed E-state index contributed by atoms with van der Waals surface area (Å²) in [5.41, 5.74) is 6.70. The summed E-state index contributed by atoms with van der Waals surface area (Å²) < 4.78 is 5.55. The van der Waals surface area contributed by atoms with Crippen molar-refractivity contribution >= 4 is 27.6 Å². The molecule has 2 rings (SSSR count). The van der Waals surface area contributed by atoms with Crippen LogP contribution in [-0.2, 0) is 0 Å². The molecule has 16 heavy (non-hydrogen) atoms. The van der Waals surface area contributed by atoms with E-state index < -0.39 is 5.97 Å². The number of carboxylic acid groups (broad SMARTS) is 1. The fraction of sp³-hybridized carbons (Fsp3) is 0. The standard InChI is InChI=1S/C9H6BrN3O3/c10-5-1-4(2-6(11)3-5)8-12-7(9(14)15)13-16-8/h1-3H,11H2,(H,14,15). The maximum atomic E-state index is 10.6. The van der Waals surface area contributed by atoms with Crippen LogP contribution in [0.4, 0.5) is 5.69 Å². The Kier molecular flexibility index (Phi) is 2.61. The summed E-state index contributed by atoms with van der Waals surface area (Å²) in [6, 6.07) is 5.03. The van der Waals surface area contributed by atoms with Crippen molar-refractivity contribution in [2.75, 3.05) is 5.73 Å². The minimum atomic E-state index is -1.24. The van der Waals surface area contributed by atoms with Crippen molar-refractivity contribution in [1.82, 2.24) is 10.1 Å². The van der Waals surface area contributed by atoms with Gasteiger partial charge in [-0.2, -0.15) is 4.98 Å². The Hall–Kier alpha value is -1.89. The number of halogens is 1. The molecular weight excluding hydrogens is 278 g/mol. The first-order valence-corrected chi connectivity index (χ1v) is 4.99. The number of nitrogens with two attached hydrogens (primary N) is 1. The quantitative estimate of drug-likeness (QED) is 0.815. The lowest BCUT2D eigenvalue weighted by molar-refractivity contribution is 0.0680. The van der Waals surface area contributed by atoms with E-state index >= 15 is 0 Å². The van der Waals surface area contributed by atoms with Crippen LogP contribution in [0, 0.1) is 0 Å². The van der Waals surface area contributed by atoms with Crippen molar-refractivity contribution in [2.45, 2.75) is 0 Å². The minimum Gasteiger partial charge on any atom is -0.475 e. The van der Waals surface area contributed by atoms with Crippen LogP contribution in [0.1, 0.15) is 10.6 Å². The number of rotatable bonds is 2. The van der Waals surface area contributed by atoms with Gasteiger partial charge >= 0.3 is 5.97 Å². The van der Waals surface area contributed by atoms with E-state index in [1.807, 2.05) is 0 Å². The number of nitrogens with zero attached hydrogens (tertiary/aromatic N) is 2. The zero-order chi connectivity index (χ0) is 11.7. The summed E-state index contributed by atoms with van der Waals surface area (Å²) in [6.07, 6.45) is 0. The van der Waals surface area contributed by atoms with Gasteiger partial charge in [0.2, 0.25) is 0 Å². The predicted octanol–water partition coefficient (Wildman–Crippen LogP) is 1.78. The highest BCUT2D eigenvalue weighted by Gasteiger charge is 2.14. The van der Waals surface area contributed by atoms with E-state index in [0.717, 1.165) is 4.47 Å². The van der Waals surface area contributed by atoms with E-state index in [1.54, 1.807) is 18.2 Å². The lowest BCUT2D eigenvalue weighted by Crippen LogP contribution is -1.98. The lowest BCUT2D eigenvalue weighted by Gasteiger charge is -1.98. The fourth-order valence-electron chi connectivity index (χ4n) is 1.16. The SMILES string of the molecule is Nc1cc(Br)cc(-c2nc(C(=O)O)no2)c1. The molecule has 3 N–H and O–H groups in total. The van der Waals surface area contributed by atoms with Gasteiger partial charge in [0.25, 0.3) is 11.7 Å². The zero-order valence-corrected chi connectivity index (χ0v) is 9.43. The smallest absolute Gasteiger partial charge is 0.377 e. The molecule has 0 aliphatic heterocycles. The Morgan fingerprint density at radius 3 is 2.75 bits per heavy atom. The highest BCUT2D eigenvalue weighted by Crippen LogP contribution is 2.24. The van der Waals surface area contributed by atoms with Gasteiger partial charge < -0.3 is 15.4 Å². The van der Waals surface area contributed by atoms with Crippen LogP contribution in [-0.4, -0.2) is 21.2 Å². The van der Waals surface area contributed by atoms with Crippen molar-refractivity contribution in [3.63, 3.8) is 0 Å².